The zero-order valence-corrected chi connectivity index (χ0v) is 4.84. The summed E-state index contributed by atoms with van der Waals surface area (Å²) >= 11 is 0. The van der Waals surface area contributed by atoms with Gasteiger partial charge in [0.05, 0.1) is 0 Å². The van der Waals surface area contributed by atoms with Gasteiger partial charge in [0.1, 0.15) is 0 Å². The number of halogens is 3. The Hall–Kier alpha value is -1.01. The molecule has 10 heavy (non-hydrogen) atoms. The lowest BCUT2D eigenvalue weighted by molar-refractivity contribution is -0.128. The van der Waals surface area contributed by atoms with Crippen molar-refractivity contribution in [1.29, 1.82) is 0 Å². The van der Waals surface area contributed by atoms with Crippen LogP contribution in [-0.4, -0.2) is 31.1 Å². The Bertz CT molecular complexity index is 128. The van der Waals surface area contributed by atoms with Crippen molar-refractivity contribution in [2.45, 2.75) is 0 Å². The van der Waals surface area contributed by atoms with E-state index in [1.165, 1.54) is 0 Å². The van der Waals surface area contributed by atoms with Crippen LogP contribution < -0.4 is 0 Å². The zero-order valence-electron chi connectivity index (χ0n) is 4.84. The Balaban J connectivity index is 3.85. The quantitative estimate of drug-likeness (QED) is 0.421. The number of carbonyl (C=O) groups excluding carboxylic acids is 2. The van der Waals surface area contributed by atoms with Crippen LogP contribution in [0, 0.1) is 0 Å². The van der Waals surface area contributed by atoms with E-state index >= 15 is 0 Å². The van der Waals surface area contributed by atoms with Crippen molar-refractivity contribution in [3.63, 3.8) is 0 Å². The average Bonchev–Trinajstić information content (AvgIpc) is 1.81. The maximum atomic E-state index is 11.4. The third kappa shape index (κ3) is 3.93. The second-order valence-corrected chi connectivity index (χ2v) is 1.62. The van der Waals surface area contributed by atoms with Crippen molar-refractivity contribution in [2.24, 2.45) is 0 Å². The molecule has 58 valence electrons. The fourth-order valence-electron chi connectivity index (χ4n) is 0.350. The number of carbonyl (C=O) groups is 2. The molecule has 2 amide bonds. The van der Waals surface area contributed by atoms with E-state index in [0.29, 0.717) is 0 Å². The van der Waals surface area contributed by atoms with Gasteiger partial charge in [-0.15, -0.1) is 0 Å². The molecule has 0 heterocycles. The molecule has 0 rings (SSSR count). The highest BCUT2D eigenvalue weighted by atomic mass is 19.4. The van der Waals surface area contributed by atoms with Gasteiger partial charge < -0.3 is 17.8 Å². The lowest BCUT2D eigenvalue weighted by Gasteiger charge is -2.17. The van der Waals surface area contributed by atoms with Gasteiger partial charge in [0, 0.05) is 0 Å². The van der Waals surface area contributed by atoms with Gasteiger partial charge in [0.15, 0.2) is 0 Å². The molecule has 3 nitrogen and oxygen atoms in total. The van der Waals surface area contributed by atoms with Crippen LogP contribution in [0.4, 0.5) is 12.9 Å². The van der Waals surface area contributed by atoms with E-state index in [0.717, 1.165) is 0 Å². The molecule has 7 heteroatoms. The summed E-state index contributed by atoms with van der Waals surface area (Å²) in [5.41, 5.74) is 0. The van der Waals surface area contributed by atoms with Crippen molar-refractivity contribution in [3.8, 4) is 0 Å². The first-order valence-corrected chi connectivity index (χ1v) is 2.37. The van der Waals surface area contributed by atoms with E-state index in [9.17, 15) is 22.5 Å². The maximum Gasteiger partial charge on any atom is 0.497 e. The van der Waals surface area contributed by atoms with E-state index in [2.05, 4.69) is 0 Å². The van der Waals surface area contributed by atoms with Gasteiger partial charge in [-0.3, -0.25) is 9.59 Å². The molecule has 0 atom stereocenters. The number of hydrogen-bond acceptors (Lipinski definition) is 2. The summed E-state index contributed by atoms with van der Waals surface area (Å²) < 4.78 is 34.1. The summed E-state index contributed by atoms with van der Waals surface area (Å²) in [6, 6.07) is 0. The molecule has 0 aliphatic rings. The van der Waals surface area contributed by atoms with Gasteiger partial charge in [-0.1, -0.05) is 0 Å². The first kappa shape index (κ1) is 8.99. The molecule has 0 saturated carbocycles. The summed E-state index contributed by atoms with van der Waals surface area (Å²) in [5, 5.41) is 0. The molecule has 0 bridgehead atoms. The molecule has 0 saturated heterocycles. The van der Waals surface area contributed by atoms with E-state index in [1.54, 1.807) is 0 Å². The van der Waals surface area contributed by atoms with Crippen LogP contribution in [0.1, 0.15) is 0 Å². The Labute approximate surface area is 54.9 Å². The zero-order chi connectivity index (χ0) is 8.20. The minimum absolute atomic E-state index is 0. The van der Waals surface area contributed by atoms with E-state index in [1.807, 2.05) is 0 Å². The first-order chi connectivity index (χ1) is 4.49. The van der Waals surface area contributed by atoms with Crippen molar-refractivity contribution in [3.05, 3.63) is 0 Å². The summed E-state index contributed by atoms with van der Waals surface area (Å²) in [4.78, 5) is 19.2. The minimum atomic E-state index is -5.09. The van der Waals surface area contributed by atoms with Gasteiger partial charge in [-0.2, -0.15) is 0 Å². The maximum absolute atomic E-state index is 11.4. The summed E-state index contributed by atoms with van der Waals surface area (Å²) in [5.74, 6) is 0. The van der Waals surface area contributed by atoms with Crippen molar-refractivity contribution < 1.29 is 22.5 Å². The molecule has 0 fully saturated rings. The molecular weight excluding hydrogens is 150 g/mol. The highest BCUT2D eigenvalue weighted by Crippen LogP contribution is 2.07. The van der Waals surface area contributed by atoms with Crippen LogP contribution in [0.15, 0.2) is 0 Å². The Morgan fingerprint density at radius 2 is 1.60 bits per heavy atom. The monoisotopic (exact) mass is 154 g/mol. The Kier molecular flexibility index (Phi) is 2.91. The lowest BCUT2D eigenvalue weighted by Crippen LogP contribution is -2.36. The fourth-order valence-corrected chi connectivity index (χ4v) is 0.350. The molecular formula is C3H4BF3NO2-. The smallest absolute Gasteiger partial charge is 0.448 e. The largest absolute Gasteiger partial charge is 0.497 e. The molecule has 0 N–H and O–H groups in total. The fraction of sp³-hybridized carbons (Fsp3) is 0.333. The molecule has 0 aromatic rings. The van der Waals surface area contributed by atoms with Crippen LogP contribution >= 0.6 is 0 Å². The molecule has 0 aliphatic carbocycles. The van der Waals surface area contributed by atoms with Gasteiger partial charge in [0.25, 0.3) is 0 Å². The van der Waals surface area contributed by atoms with Gasteiger partial charge >= 0.3 is 6.98 Å². The number of rotatable bonds is 4. The van der Waals surface area contributed by atoms with Crippen molar-refractivity contribution in [2.75, 3.05) is 6.44 Å². The standard InChI is InChI=1S/C3H4BF3NO2/c5-4(6,7)1-8(2-9)3-10/h2-3H,1H2/q-1. The van der Waals surface area contributed by atoms with Crippen molar-refractivity contribution >= 4 is 19.8 Å². The third-order valence-corrected chi connectivity index (χ3v) is 0.689. The number of imide groups is 1. The highest BCUT2D eigenvalue weighted by molar-refractivity contribution is 6.59. The third-order valence-electron chi connectivity index (χ3n) is 0.689. The second-order valence-electron chi connectivity index (χ2n) is 1.62. The van der Waals surface area contributed by atoms with Crippen LogP contribution in [0.25, 0.3) is 0 Å². The highest BCUT2D eigenvalue weighted by Gasteiger charge is 2.25. The summed E-state index contributed by atoms with van der Waals surface area (Å²) in [7, 11) is 0. The first-order valence-electron chi connectivity index (χ1n) is 2.37. The molecule has 0 unspecified atom stereocenters. The number of hydrogen-bond donors (Lipinski definition) is 0. The normalized spacial score (nSPS) is 10.7. The predicted octanol–water partition coefficient (Wildman–Crippen LogP) is -0.0122. The van der Waals surface area contributed by atoms with Gasteiger partial charge in [0.2, 0.25) is 12.8 Å². The number of amides is 2. The summed E-state index contributed by atoms with van der Waals surface area (Å²) in [6.45, 7) is -5.09. The van der Waals surface area contributed by atoms with E-state index < -0.39 is 13.4 Å². The minimum Gasteiger partial charge on any atom is -0.448 e. The van der Waals surface area contributed by atoms with Gasteiger partial charge in [-0.25, -0.2) is 0 Å². The van der Waals surface area contributed by atoms with E-state index in [4.69, 9.17) is 0 Å². The van der Waals surface area contributed by atoms with Crippen LogP contribution in [0.5, 0.6) is 0 Å². The van der Waals surface area contributed by atoms with Gasteiger partial charge in [-0.05, 0) is 6.44 Å². The molecule has 0 aliphatic heterocycles. The van der Waals surface area contributed by atoms with Crippen LogP contribution in [0.3, 0.4) is 0 Å². The SMILES string of the molecule is O=CN(C=O)C[B-](F)(F)F. The topological polar surface area (TPSA) is 37.4 Å². The second kappa shape index (κ2) is 3.24. The number of nitrogens with zero attached hydrogens (tertiary/aromatic N) is 1. The Morgan fingerprint density at radius 1 is 1.20 bits per heavy atom. The summed E-state index contributed by atoms with van der Waals surface area (Å²) in [6.07, 6.45) is -1.79. The van der Waals surface area contributed by atoms with Crippen molar-refractivity contribution in [1.82, 2.24) is 4.90 Å². The van der Waals surface area contributed by atoms with E-state index in [-0.39, 0.29) is 17.7 Å². The predicted molar refractivity (Wildman–Crippen MR) is 27.9 cm³/mol. The average molecular weight is 154 g/mol. The lowest BCUT2D eigenvalue weighted by atomic mass is 9.92. The Morgan fingerprint density at radius 3 is 1.70 bits per heavy atom. The molecule has 0 radical (unpaired) electrons. The molecule has 0 aromatic heterocycles. The molecule has 0 spiro atoms. The van der Waals surface area contributed by atoms with Crippen LogP contribution in [-0.2, 0) is 9.59 Å². The molecule has 0 aromatic carbocycles. The van der Waals surface area contributed by atoms with Crippen LogP contribution in [0.2, 0.25) is 0 Å².